The number of nitrogens with one attached hydrogen (secondary N) is 1. The third kappa shape index (κ3) is 3.72. The van der Waals surface area contributed by atoms with Crippen LogP contribution in [-0.2, 0) is 18.3 Å². The minimum atomic E-state index is -0.220. The number of benzene rings is 1. The van der Waals surface area contributed by atoms with Crippen LogP contribution in [0.4, 0.5) is 5.82 Å². The van der Waals surface area contributed by atoms with Crippen molar-refractivity contribution < 1.29 is 4.74 Å². The first kappa shape index (κ1) is 20.5. The molecule has 0 amide bonds. The number of halogens is 1. The van der Waals surface area contributed by atoms with Crippen LogP contribution in [0.25, 0.3) is 22.2 Å². The zero-order valence-corrected chi connectivity index (χ0v) is 18.3. The number of pyridine rings is 2. The first-order valence-electron chi connectivity index (χ1n) is 10.4. The molecule has 5 rings (SSSR count). The molecule has 1 N–H and O–H groups in total. The van der Waals surface area contributed by atoms with E-state index in [1.807, 2.05) is 30.3 Å². The van der Waals surface area contributed by atoms with Gasteiger partial charge in [-0.15, -0.1) is 0 Å². The van der Waals surface area contributed by atoms with E-state index in [0.29, 0.717) is 34.8 Å². The number of morpholine rings is 1. The second-order valence-electron chi connectivity index (χ2n) is 7.78. The van der Waals surface area contributed by atoms with Gasteiger partial charge < -0.3 is 14.2 Å². The minimum absolute atomic E-state index is 0.200. The van der Waals surface area contributed by atoms with E-state index in [1.165, 1.54) is 10.7 Å². The molecule has 1 fully saturated rings. The average molecular weight is 452 g/mol. The molecule has 0 spiro atoms. The summed E-state index contributed by atoms with van der Waals surface area (Å²) in [6.07, 6.45) is 0. The van der Waals surface area contributed by atoms with Gasteiger partial charge in [0.05, 0.1) is 42.0 Å². The highest BCUT2D eigenvalue weighted by Crippen LogP contribution is 2.27. The second-order valence-corrected chi connectivity index (χ2v) is 8.21. The van der Waals surface area contributed by atoms with Crippen molar-refractivity contribution in [2.24, 2.45) is 7.05 Å². The van der Waals surface area contributed by atoms with Crippen LogP contribution in [0.2, 0.25) is 5.02 Å². The van der Waals surface area contributed by atoms with Crippen LogP contribution < -0.4 is 16.0 Å². The first-order valence-corrected chi connectivity index (χ1v) is 10.8. The Hall–Kier alpha value is -3.36. The maximum absolute atomic E-state index is 13.2. The van der Waals surface area contributed by atoms with Gasteiger partial charge in [0.15, 0.2) is 0 Å². The normalized spacial score (nSPS) is 14.2. The van der Waals surface area contributed by atoms with Gasteiger partial charge in [-0.05, 0) is 29.8 Å². The van der Waals surface area contributed by atoms with Crippen LogP contribution in [0.15, 0.2) is 58.1 Å². The largest absolute Gasteiger partial charge is 0.378 e. The number of anilines is 1. The summed E-state index contributed by atoms with van der Waals surface area (Å²) in [5, 5.41) is 4.00. The zero-order valence-electron chi connectivity index (χ0n) is 17.5. The molecular formula is C23H22ClN5O3. The molecule has 4 aromatic rings. The van der Waals surface area contributed by atoms with Gasteiger partial charge in [-0.25, -0.2) is 4.98 Å². The molecule has 164 valence electrons. The number of H-pyrrole nitrogens is 1. The van der Waals surface area contributed by atoms with Crippen LogP contribution >= 0.6 is 11.6 Å². The SMILES string of the molecule is Cn1[nH]c2cc(=O)n(Cc3cccc(N4CCOCC4)n3)c(-c3ccc(Cl)cc3)c2c1=O. The second kappa shape index (κ2) is 8.29. The summed E-state index contributed by atoms with van der Waals surface area (Å²) >= 11 is 6.08. The quantitative estimate of drug-likeness (QED) is 0.515. The van der Waals surface area contributed by atoms with E-state index in [0.717, 1.165) is 30.2 Å². The van der Waals surface area contributed by atoms with Crippen LogP contribution in [0.5, 0.6) is 0 Å². The predicted molar refractivity (Wildman–Crippen MR) is 125 cm³/mol. The molecule has 3 aromatic heterocycles. The van der Waals surface area contributed by atoms with E-state index in [1.54, 1.807) is 23.7 Å². The van der Waals surface area contributed by atoms with Gasteiger partial charge in [0, 0.05) is 31.2 Å². The standard InChI is InChI=1S/C23H22ClN5O3/c1-27-23(31)21-18(26-27)13-20(30)29(22(21)15-5-7-16(24)8-6-15)14-17-3-2-4-19(25-17)28-9-11-32-12-10-28/h2-8,13,26H,9-12,14H2,1H3. The van der Waals surface area contributed by atoms with Crippen molar-refractivity contribution in [2.75, 3.05) is 31.2 Å². The molecule has 8 nitrogen and oxygen atoms in total. The molecule has 1 aromatic carbocycles. The summed E-state index contributed by atoms with van der Waals surface area (Å²) in [6, 6.07) is 14.4. The van der Waals surface area contributed by atoms with Gasteiger partial charge in [0.1, 0.15) is 5.82 Å². The number of rotatable bonds is 4. The van der Waals surface area contributed by atoms with Crippen molar-refractivity contribution in [1.82, 2.24) is 19.3 Å². The van der Waals surface area contributed by atoms with Crippen molar-refractivity contribution in [3.8, 4) is 11.3 Å². The average Bonchev–Trinajstić information content (AvgIpc) is 3.09. The van der Waals surface area contributed by atoms with Crippen LogP contribution in [0, 0.1) is 0 Å². The van der Waals surface area contributed by atoms with Gasteiger partial charge in [0.25, 0.3) is 11.1 Å². The minimum Gasteiger partial charge on any atom is -0.378 e. The molecule has 0 radical (unpaired) electrons. The molecule has 1 aliphatic heterocycles. The Balaban J connectivity index is 1.66. The maximum atomic E-state index is 13.2. The molecule has 0 aliphatic carbocycles. The Morgan fingerprint density at radius 3 is 2.59 bits per heavy atom. The highest BCUT2D eigenvalue weighted by Gasteiger charge is 2.19. The maximum Gasteiger partial charge on any atom is 0.276 e. The summed E-state index contributed by atoms with van der Waals surface area (Å²) < 4.78 is 8.41. The zero-order chi connectivity index (χ0) is 22.2. The van der Waals surface area contributed by atoms with E-state index in [4.69, 9.17) is 21.3 Å². The monoisotopic (exact) mass is 451 g/mol. The molecule has 1 saturated heterocycles. The van der Waals surface area contributed by atoms with Crippen molar-refractivity contribution in [1.29, 1.82) is 0 Å². The molecule has 1 aliphatic rings. The van der Waals surface area contributed by atoms with Gasteiger partial charge in [-0.3, -0.25) is 19.4 Å². The van der Waals surface area contributed by atoms with Crippen molar-refractivity contribution in [3.63, 3.8) is 0 Å². The summed E-state index contributed by atoms with van der Waals surface area (Å²) in [7, 11) is 1.64. The summed E-state index contributed by atoms with van der Waals surface area (Å²) in [4.78, 5) is 33.0. The highest BCUT2D eigenvalue weighted by molar-refractivity contribution is 6.30. The number of aryl methyl sites for hydroxylation is 1. The molecule has 0 saturated carbocycles. The third-order valence-electron chi connectivity index (χ3n) is 5.68. The van der Waals surface area contributed by atoms with Crippen LogP contribution in [0.1, 0.15) is 5.69 Å². The van der Waals surface area contributed by atoms with Crippen molar-refractivity contribution in [3.05, 3.63) is 80.0 Å². The van der Waals surface area contributed by atoms with E-state index < -0.39 is 0 Å². The molecule has 9 heteroatoms. The number of aromatic amines is 1. The third-order valence-corrected chi connectivity index (χ3v) is 5.93. The van der Waals surface area contributed by atoms with E-state index in [-0.39, 0.29) is 17.7 Å². The summed E-state index contributed by atoms with van der Waals surface area (Å²) in [5.41, 5.74) is 2.09. The number of hydrogen-bond acceptors (Lipinski definition) is 5. The number of ether oxygens (including phenoxy) is 1. The Morgan fingerprint density at radius 1 is 1.09 bits per heavy atom. The van der Waals surface area contributed by atoms with Gasteiger partial charge in [-0.1, -0.05) is 29.8 Å². The molecule has 0 unspecified atom stereocenters. The Morgan fingerprint density at radius 2 is 1.84 bits per heavy atom. The Kier molecular flexibility index (Phi) is 5.32. The van der Waals surface area contributed by atoms with E-state index in [9.17, 15) is 9.59 Å². The summed E-state index contributed by atoms with van der Waals surface area (Å²) in [6.45, 7) is 3.12. The lowest BCUT2D eigenvalue weighted by Gasteiger charge is -2.28. The molecule has 4 heterocycles. The van der Waals surface area contributed by atoms with E-state index in [2.05, 4.69) is 10.00 Å². The lowest BCUT2D eigenvalue weighted by atomic mass is 10.1. The Bertz CT molecular complexity index is 1400. The fraction of sp³-hybridized carbons (Fsp3) is 0.261. The topological polar surface area (TPSA) is 85.2 Å². The molecule has 32 heavy (non-hydrogen) atoms. The predicted octanol–water partition coefficient (Wildman–Crippen LogP) is 2.63. The van der Waals surface area contributed by atoms with E-state index >= 15 is 0 Å². The fourth-order valence-corrected chi connectivity index (χ4v) is 4.23. The summed E-state index contributed by atoms with van der Waals surface area (Å²) in [5.74, 6) is 0.852. The van der Waals surface area contributed by atoms with Crippen LogP contribution in [-0.4, -0.2) is 45.6 Å². The molecule has 0 bridgehead atoms. The molecule has 0 atom stereocenters. The number of nitrogens with zero attached hydrogens (tertiary/aromatic N) is 4. The smallest absolute Gasteiger partial charge is 0.276 e. The van der Waals surface area contributed by atoms with Gasteiger partial charge >= 0.3 is 0 Å². The number of aromatic nitrogens is 4. The fourth-order valence-electron chi connectivity index (χ4n) is 4.10. The van der Waals surface area contributed by atoms with Crippen molar-refractivity contribution >= 4 is 28.3 Å². The van der Waals surface area contributed by atoms with Gasteiger partial charge in [-0.2, -0.15) is 0 Å². The Labute approximate surface area is 188 Å². The lowest BCUT2D eigenvalue weighted by Crippen LogP contribution is -2.36. The number of hydrogen-bond donors (Lipinski definition) is 1. The molecular weight excluding hydrogens is 430 g/mol. The van der Waals surface area contributed by atoms with Crippen LogP contribution in [0.3, 0.4) is 0 Å². The number of fused-ring (bicyclic) bond motifs is 1. The highest BCUT2D eigenvalue weighted by atomic mass is 35.5. The van der Waals surface area contributed by atoms with Gasteiger partial charge in [0.2, 0.25) is 0 Å². The lowest BCUT2D eigenvalue weighted by molar-refractivity contribution is 0.122. The van der Waals surface area contributed by atoms with Crippen molar-refractivity contribution in [2.45, 2.75) is 6.54 Å². The first-order chi connectivity index (χ1) is 15.5.